The van der Waals surface area contributed by atoms with E-state index in [2.05, 4.69) is 10.3 Å². The molecular weight excluding hydrogens is 150 g/mol. The molecule has 0 saturated heterocycles. The fourth-order valence-corrected chi connectivity index (χ4v) is 1.18. The molecule has 0 spiro atoms. The quantitative estimate of drug-likeness (QED) is 0.697. The van der Waals surface area contributed by atoms with Gasteiger partial charge in [-0.1, -0.05) is 0 Å². The van der Waals surface area contributed by atoms with Crippen molar-refractivity contribution in [1.82, 2.24) is 4.98 Å². The van der Waals surface area contributed by atoms with Crippen LogP contribution in [0.25, 0.3) is 0 Å². The summed E-state index contributed by atoms with van der Waals surface area (Å²) in [7, 11) is 1.85. The molecule has 0 aliphatic heterocycles. The van der Waals surface area contributed by atoms with Crippen molar-refractivity contribution < 1.29 is 0 Å². The fourth-order valence-electron chi connectivity index (χ4n) is 1.18. The molecule has 0 aromatic carbocycles. The molecule has 0 aliphatic carbocycles. The number of pyridine rings is 1. The predicted molar refractivity (Wildman–Crippen MR) is 51.1 cm³/mol. The maximum Gasteiger partial charge on any atom is 0.125 e. The molecule has 3 N–H and O–H groups in total. The van der Waals surface area contributed by atoms with Crippen molar-refractivity contribution >= 4 is 5.82 Å². The molecule has 3 heteroatoms. The summed E-state index contributed by atoms with van der Waals surface area (Å²) in [4.78, 5) is 4.19. The van der Waals surface area contributed by atoms with Crippen molar-refractivity contribution in [3.05, 3.63) is 23.4 Å². The van der Waals surface area contributed by atoms with Gasteiger partial charge in [0.1, 0.15) is 5.82 Å². The summed E-state index contributed by atoms with van der Waals surface area (Å²) in [6.07, 6.45) is 1.83. The highest BCUT2D eigenvalue weighted by Crippen LogP contribution is 2.16. The van der Waals surface area contributed by atoms with Crippen molar-refractivity contribution in [3.8, 4) is 0 Å². The lowest BCUT2D eigenvalue weighted by molar-refractivity contribution is 0.803. The topological polar surface area (TPSA) is 50.9 Å². The first-order chi connectivity index (χ1) is 5.65. The summed E-state index contributed by atoms with van der Waals surface area (Å²) < 4.78 is 0. The van der Waals surface area contributed by atoms with Gasteiger partial charge in [0.15, 0.2) is 0 Å². The molecule has 0 fully saturated rings. The Hall–Kier alpha value is -1.09. The van der Waals surface area contributed by atoms with Gasteiger partial charge >= 0.3 is 0 Å². The van der Waals surface area contributed by atoms with E-state index >= 15 is 0 Å². The molecule has 66 valence electrons. The van der Waals surface area contributed by atoms with Gasteiger partial charge in [-0.25, -0.2) is 4.98 Å². The summed E-state index contributed by atoms with van der Waals surface area (Å²) in [6, 6.07) is 2.06. The molecule has 0 saturated carbocycles. The minimum atomic E-state index is 0.0587. The first-order valence-electron chi connectivity index (χ1n) is 4.05. The van der Waals surface area contributed by atoms with E-state index in [0.29, 0.717) is 0 Å². The highest BCUT2D eigenvalue weighted by Gasteiger charge is 2.03. The van der Waals surface area contributed by atoms with Crippen LogP contribution in [0.5, 0.6) is 0 Å². The first kappa shape index (κ1) is 9.00. The number of nitrogens with two attached hydrogens (primary N) is 1. The molecule has 12 heavy (non-hydrogen) atoms. The van der Waals surface area contributed by atoms with Crippen molar-refractivity contribution in [2.24, 2.45) is 5.73 Å². The Morgan fingerprint density at radius 3 is 2.67 bits per heavy atom. The lowest BCUT2D eigenvalue weighted by Crippen LogP contribution is -2.08. The molecule has 0 radical (unpaired) electrons. The van der Waals surface area contributed by atoms with Crippen molar-refractivity contribution in [2.45, 2.75) is 19.9 Å². The highest BCUT2D eigenvalue weighted by molar-refractivity contribution is 5.40. The molecule has 0 bridgehead atoms. The minimum Gasteiger partial charge on any atom is -0.373 e. The number of nitrogens with one attached hydrogen (secondary N) is 1. The number of aryl methyl sites for hydroxylation is 1. The third-order valence-corrected chi connectivity index (χ3v) is 1.90. The molecule has 3 nitrogen and oxygen atoms in total. The number of hydrogen-bond acceptors (Lipinski definition) is 3. The third-order valence-electron chi connectivity index (χ3n) is 1.90. The van der Waals surface area contributed by atoms with E-state index in [1.165, 1.54) is 5.56 Å². The average Bonchev–Trinajstić information content (AvgIpc) is 2.03. The van der Waals surface area contributed by atoms with E-state index < -0.39 is 0 Å². The van der Waals surface area contributed by atoms with Crippen molar-refractivity contribution in [2.75, 3.05) is 12.4 Å². The molecule has 0 aliphatic rings. The maximum absolute atomic E-state index is 5.75. The Morgan fingerprint density at radius 2 is 2.25 bits per heavy atom. The maximum atomic E-state index is 5.75. The number of hydrogen-bond donors (Lipinski definition) is 2. The monoisotopic (exact) mass is 165 g/mol. The zero-order valence-electron chi connectivity index (χ0n) is 7.76. The second kappa shape index (κ2) is 3.54. The van der Waals surface area contributed by atoms with Crippen molar-refractivity contribution in [1.29, 1.82) is 0 Å². The second-order valence-corrected chi connectivity index (χ2v) is 2.96. The normalized spacial score (nSPS) is 12.7. The van der Waals surface area contributed by atoms with Crippen LogP contribution in [0.3, 0.4) is 0 Å². The lowest BCUT2D eigenvalue weighted by atomic mass is 10.1. The van der Waals surface area contributed by atoms with Crippen molar-refractivity contribution in [3.63, 3.8) is 0 Å². The van der Waals surface area contributed by atoms with Crippen LogP contribution in [-0.2, 0) is 0 Å². The van der Waals surface area contributed by atoms with Gasteiger partial charge in [0.2, 0.25) is 0 Å². The van der Waals surface area contributed by atoms with Crippen LogP contribution in [0.15, 0.2) is 12.3 Å². The van der Waals surface area contributed by atoms with E-state index in [1.807, 2.05) is 33.2 Å². The summed E-state index contributed by atoms with van der Waals surface area (Å²) in [5, 5.41) is 2.98. The van der Waals surface area contributed by atoms with E-state index in [9.17, 15) is 0 Å². The van der Waals surface area contributed by atoms with Gasteiger partial charge in [-0.15, -0.1) is 0 Å². The van der Waals surface area contributed by atoms with Crippen LogP contribution < -0.4 is 11.1 Å². The zero-order valence-corrected chi connectivity index (χ0v) is 7.76. The van der Waals surface area contributed by atoms with Crippen LogP contribution in [0.4, 0.5) is 5.82 Å². The summed E-state index contributed by atoms with van der Waals surface area (Å²) >= 11 is 0. The van der Waals surface area contributed by atoms with Gasteiger partial charge in [0.05, 0.1) is 0 Å². The number of aromatic nitrogens is 1. The van der Waals surface area contributed by atoms with Gasteiger partial charge in [0.25, 0.3) is 0 Å². The SMILES string of the molecule is CNc1cc(C)c(C(C)N)cn1. The van der Waals surface area contributed by atoms with Gasteiger partial charge in [-0.05, 0) is 31.0 Å². The molecule has 1 aromatic rings. The molecule has 0 amide bonds. The minimum absolute atomic E-state index is 0.0587. The fraction of sp³-hybridized carbons (Fsp3) is 0.444. The summed E-state index contributed by atoms with van der Waals surface area (Å²) in [5.41, 5.74) is 8.04. The van der Waals surface area contributed by atoms with Crippen LogP contribution in [-0.4, -0.2) is 12.0 Å². The van der Waals surface area contributed by atoms with E-state index in [0.717, 1.165) is 11.4 Å². The smallest absolute Gasteiger partial charge is 0.125 e. The van der Waals surface area contributed by atoms with Gasteiger partial charge in [-0.3, -0.25) is 0 Å². The first-order valence-corrected chi connectivity index (χ1v) is 4.05. The zero-order chi connectivity index (χ0) is 9.14. The van der Waals surface area contributed by atoms with Crippen LogP contribution in [0.1, 0.15) is 24.1 Å². The van der Waals surface area contributed by atoms with Crippen LogP contribution >= 0.6 is 0 Å². The molecule has 1 atom stereocenters. The number of rotatable bonds is 2. The summed E-state index contributed by atoms with van der Waals surface area (Å²) in [6.45, 7) is 4.00. The Balaban J connectivity index is 3.03. The Labute approximate surface area is 73.0 Å². The Morgan fingerprint density at radius 1 is 1.58 bits per heavy atom. The Kier molecular flexibility index (Phi) is 2.65. The van der Waals surface area contributed by atoms with Gasteiger partial charge in [-0.2, -0.15) is 0 Å². The van der Waals surface area contributed by atoms with Crippen LogP contribution in [0, 0.1) is 6.92 Å². The van der Waals surface area contributed by atoms with Gasteiger partial charge < -0.3 is 11.1 Å². The lowest BCUT2D eigenvalue weighted by Gasteiger charge is -2.09. The average molecular weight is 165 g/mol. The molecule has 1 aromatic heterocycles. The number of anilines is 1. The second-order valence-electron chi connectivity index (χ2n) is 2.96. The van der Waals surface area contributed by atoms with E-state index in [1.54, 1.807) is 0 Å². The van der Waals surface area contributed by atoms with E-state index in [4.69, 9.17) is 5.73 Å². The molecule has 1 rings (SSSR count). The summed E-state index contributed by atoms with van der Waals surface area (Å²) in [5.74, 6) is 0.886. The van der Waals surface area contributed by atoms with Gasteiger partial charge in [0, 0.05) is 19.3 Å². The highest BCUT2D eigenvalue weighted by atomic mass is 14.9. The largest absolute Gasteiger partial charge is 0.373 e. The Bertz CT molecular complexity index is 268. The predicted octanol–water partition coefficient (Wildman–Crippen LogP) is 1.45. The molecule has 1 unspecified atom stereocenters. The number of nitrogens with zero attached hydrogens (tertiary/aromatic N) is 1. The molecule has 1 heterocycles. The standard InChI is InChI=1S/C9H15N3/c1-6-4-9(11-3)12-5-8(6)7(2)10/h4-5,7H,10H2,1-3H3,(H,11,12). The van der Waals surface area contributed by atoms with Crippen LogP contribution in [0.2, 0.25) is 0 Å². The molecular formula is C9H15N3. The third kappa shape index (κ3) is 1.74. The van der Waals surface area contributed by atoms with E-state index in [-0.39, 0.29) is 6.04 Å².